The van der Waals surface area contributed by atoms with Crippen LogP contribution in [0.25, 0.3) is 11.3 Å². The maximum atomic E-state index is 12.8. The number of ether oxygens (including phenoxy) is 1. The average molecular weight is 383 g/mol. The van der Waals surface area contributed by atoms with Gasteiger partial charge in [0.1, 0.15) is 11.4 Å². The summed E-state index contributed by atoms with van der Waals surface area (Å²) in [7, 11) is 1.52. The van der Waals surface area contributed by atoms with Gasteiger partial charge < -0.3 is 10.1 Å². The number of aromatic nitrogens is 5. The SMILES string of the molecule is COc1ccn2ncc(C(=O)Nc3cc(C)nn3-c3cccc(Cl)c3)c2n1. The number of halogens is 1. The summed E-state index contributed by atoms with van der Waals surface area (Å²) in [5, 5.41) is 12.0. The van der Waals surface area contributed by atoms with E-state index >= 15 is 0 Å². The van der Waals surface area contributed by atoms with E-state index in [1.54, 1.807) is 35.1 Å². The first-order chi connectivity index (χ1) is 13.0. The van der Waals surface area contributed by atoms with E-state index in [4.69, 9.17) is 16.3 Å². The number of rotatable bonds is 4. The fraction of sp³-hybridized carbons (Fsp3) is 0.111. The Morgan fingerprint density at radius 1 is 1.26 bits per heavy atom. The first-order valence-corrected chi connectivity index (χ1v) is 8.45. The molecule has 0 radical (unpaired) electrons. The van der Waals surface area contributed by atoms with Gasteiger partial charge >= 0.3 is 0 Å². The summed E-state index contributed by atoms with van der Waals surface area (Å²) in [6.45, 7) is 1.85. The van der Waals surface area contributed by atoms with Crippen LogP contribution in [0.1, 0.15) is 16.1 Å². The Hall–Kier alpha value is -3.39. The van der Waals surface area contributed by atoms with Crippen LogP contribution in [0.3, 0.4) is 0 Å². The molecule has 8 nitrogen and oxygen atoms in total. The van der Waals surface area contributed by atoms with E-state index in [0.717, 1.165) is 11.4 Å². The van der Waals surface area contributed by atoms with Crippen LogP contribution in [-0.2, 0) is 0 Å². The largest absolute Gasteiger partial charge is 0.481 e. The van der Waals surface area contributed by atoms with Crippen molar-refractivity contribution in [1.82, 2.24) is 24.4 Å². The topological polar surface area (TPSA) is 86.3 Å². The molecule has 0 saturated carbocycles. The lowest BCUT2D eigenvalue weighted by Crippen LogP contribution is -2.15. The van der Waals surface area contributed by atoms with Crippen molar-refractivity contribution in [2.24, 2.45) is 0 Å². The molecule has 3 aromatic heterocycles. The van der Waals surface area contributed by atoms with Crippen LogP contribution < -0.4 is 10.1 Å². The molecule has 0 aliphatic heterocycles. The smallest absolute Gasteiger partial charge is 0.262 e. The molecule has 0 bridgehead atoms. The third-order valence-electron chi connectivity index (χ3n) is 3.92. The maximum absolute atomic E-state index is 12.8. The molecule has 27 heavy (non-hydrogen) atoms. The van der Waals surface area contributed by atoms with Crippen molar-refractivity contribution in [3.63, 3.8) is 0 Å². The van der Waals surface area contributed by atoms with Crippen LogP contribution in [0.2, 0.25) is 5.02 Å². The van der Waals surface area contributed by atoms with Crippen molar-refractivity contribution in [2.75, 3.05) is 12.4 Å². The van der Waals surface area contributed by atoms with Gasteiger partial charge in [0.25, 0.3) is 5.91 Å². The van der Waals surface area contributed by atoms with Crippen molar-refractivity contribution in [3.8, 4) is 11.6 Å². The quantitative estimate of drug-likeness (QED) is 0.586. The number of nitrogens with zero attached hydrogens (tertiary/aromatic N) is 5. The highest BCUT2D eigenvalue weighted by molar-refractivity contribution is 6.30. The first-order valence-electron chi connectivity index (χ1n) is 8.07. The van der Waals surface area contributed by atoms with Gasteiger partial charge in [-0.05, 0) is 25.1 Å². The lowest BCUT2D eigenvalue weighted by Gasteiger charge is -2.09. The van der Waals surface area contributed by atoms with Crippen molar-refractivity contribution in [1.29, 1.82) is 0 Å². The van der Waals surface area contributed by atoms with E-state index in [1.807, 2.05) is 19.1 Å². The molecule has 1 amide bonds. The van der Waals surface area contributed by atoms with Gasteiger partial charge in [0.05, 0.1) is 24.7 Å². The van der Waals surface area contributed by atoms with Gasteiger partial charge in [0.2, 0.25) is 5.88 Å². The molecule has 9 heteroatoms. The number of amides is 1. The number of hydrogen-bond acceptors (Lipinski definition) is 5. The Kier molecular flexibility index (Phi) is 4.25. The molecule has 0 fully saturated rings. The molecule has 0 saturated heterocycles. The molecule has 4 rings (SSSR count). The highest BCUT2D eigenvalue weighted by atomic mass is 35.5. The molecule has 3 heterocycles. The lowest BCUT2D eigenvalue weighted by molar-refractivity contribution is 0.102. The van der Waals surface area contributed by atoms with Crippen molar-refractivity contribution in [2.45, 2.75) is 6.92 Å². The number of hydrogen-bond donors (Lipinski definition) is 1. The van der Waals surface area contributed by atoms with Crippen LogP contribution in [0.15, 0.2) is 48.8 Å². The molecule has 0 atom stereocenters. The summed E-state index contributed by atoms with van der Waals surface area (Å²) in [6.07, 6.45) is 3.14. The van der Waals surface area contributed by atoms with Gasteiger partial charge in [0, 0.05) is 23.4 Å². The van der Waals surface area contributed by atoms with E-state index in [2.05, 4.69) is 20.5 Å². The molecule has 0 spiro atoms. The zero-order valence-electron chi connectivity index (χ0n) is 14.5. The standard InChI is InChI=1S/C18H15ClN6O2/c1-11-8-15(25(23-11)13-5-3-4-12(19)9-13)21-18(26)14-10-20-24-7-6-16(27-2)22-17(14)24/h3-10H,1-2H3,(H,21,26). The number of fused-ring (bicyclic) bond motifs is 1. The Balaban J connectivity index is 1.70. The Labute approximate surface area is 159 Å². The summed E-state index contributed by atoms with van der Waals surface area (Å²) in [5.74, 6) is 0.563. The zero-order chi connectivity index (χ0) is 19.0. The second kappa shape index (κ2) is 6.73. The Morgan fingerprint density at radius 3 is 2.89 bits per heavy atom. The first kappa shape index (κ1) is 17.0. The number of carbonyl (C=O) groups excluding carboxylic acids is 1. The summed E-state index contributed by atoms with van der Waals surface area (Å²) >= 11 is 6.08. The zero-order valence-corrected chi connectivity index (χ0v) is 15.3. The number of aryl methyl sites for hydroxylation is 1. The third-order valence-corrected chi connectivity index (χ3v) is 4.16. The van der Waals surface area contributed by atoms with E-state index in [0.29, 0.717) is 27.9 Å². The number of carbonyl (C=O) groups is 1. The van der Waals surface area contributed by atoms with Gasteiger partial charge in [-0.25, -0.2) is 9.20 Å². The second-order valence-electron chi connectivity index (χ2n) is 5.81. The highest BCUT2D eigenvalue weighted by Crippen LogP contribution is 2.21. The molecule has 4 aromatic rings. The lowest BCUT2D eigenvalue weighted by atomic mass is 10.3. The molecular formula is C18H15ClN6O2. The van der Waals surface area contributed by atoms with E-state index < -0.39 is 0 Å². The maximum Gasteiger partial charge on any atom is 0.262 e. The molecule has 0 unspecified atom stereocenters. The highest BCUT2D eigenvalue weighted by Gasteiger charge is 2.18. The Bertz CT molecular complexity index is 1150. The van der Waals surface area contributed by atoms with Crippen LogP contribution in [0.5, 0.6) is 5.88 Å². The summed E-state index contributed by atoms with van der Waals surface area (Å²) in [6, 6.07) is 10.7. The van der Waals surface area contributed by atoms with Crippen molar-refractivity contribution in [3.05, 3.63) is 65.1 Å². The summed E-state index contributed by atoms with van der Waals surface area (Å²) < 4.78 is 8.26. The summed E-state index contributed by atoms with van der Waals surface area (Å²) in [4.78, 5) is 17.1. The second-order valence-corrected chi connectivity index (χ2v) is 6.25. The number of nitrogens with one attached hydrogen (secondary N) is 1. The van der Waals surface area contributed by atoms with Gasteiger partial charge in [-0.15, -0.1) is 0 Å². The predicted molar refractivity (Wildman–Crippen MR) is 101 cm³/mol. The minimum atomic E-state index is -0.353. The van der Waals surface area contributed by atoms with Crippen molar-refractivity contribution >= 4 is 29.0 Å². The molecule has 1 aromatic carbocycles. The van der Waals surface area contributed by atoms with Crippen molar-refractivity contribution < 1.29 is 9.53 Å². The normalized spacial score (nSPS) is 10.9. The molecule has 136 valence electrons. The average Bonchev–Trinajstić information content (AvgIpc) is 3.24. The Morgan fingerprint density at radius 2 is 2.11 bits per heavy atom. The monoisotopic (exact) mass is 382 g/mol. The van der Waals surface area contributed by atoms with Gasteiger partial charge in [-0.3, -0.25) is 4.79 Å². The fourth-order valence-electron chi connectivity index (χ4n) is 2.70. The van der Waals surface area contributed by atoms with Crippen LogP contribution in [-0.4, -0.2) is 37.4 Å². The molecule has 0 aliphatic carbocycles. The van der Waals surface area contributed by atoms with E-state index in [-0.39, 0.29) is 5.91 Å². The van der Waals surface area contributed by atoms with Gasteiger partial charge in [0.15, 0.2) is 5.65 Å². The van der Waals surface area contributed by atoms with Crippen LogP contribution in [0, 0.1) is 6.92 Å². The number of anilines is 1. The molecule has 1 N–H and O–H groups in total. The van der Waals surface area contributed by atoms with Gasteiger partial charge in [-0.1, -0.05) is 17.7 Å². The minimum Gasteiger partial charge on any atom is -0.481 e. The fourth-order valence-corrected chi connectivity index (χ4v) is 2.89. The van der Waals surface area contributed by atoms with E-state index in [9.17, 15) is 4.79 Å². The minimum absolute atomic E-state index is 0.324. The summed E-state index contributed by atoms with van der Waals surface area (Å²) in [5.41, 5.74) is 2.22. The number of methoxy groups -OCH3 is 1. The molecule has 0 aliphatic rings. The van der Waals surface area contributed by atoms with Gasteiger partial charge in [-0.2, -0.15) is 15.2 Å². The van der Waals surface area contributed by atoms with Crippen LogP contribution in [0.4, 0.5) is 5.82 Å². The predicted octanol–water partition coefficient (Wildman–Crippen LogP) is 3.14. The third kappa shape index (κ3) is 3.22. The van der Waals surface area contributed by atoms with E-state index in [1.165, 1.54) is 17.8 Å². The number of benzene rings is 1. The van der Waals surface area contributed by atoms with Crippen LogP contribution >= 0.6 is 11.6 Å². The molecular weight excluding hydrogens is 368 g/mol.